The summed E-state index contributed by atoms with van der Waals surface area (Å²) in [6.45, 7) is 0. The van der Waals surface area contributed by atoms with Gasteiger partial charge in [0.1, 0.15) is 5.92 Å². The monoisotopic (exact) mass is 348 g/mol. The van der Waals surface area contributed by atoms with E-state index in [0.29, 0.717) is 5.69 Å². The van der Waals surface area contributed by atoms with Crippen molar-refractivity contribution in [3.63, 3.8) is 0 Å². The van der Waals surface area contributed by atoms with Crippen LogP contribution in [-0.2, 0) is 4.79 Å². The maximum absolute atomic E-state index is 12.4. The van der Waals surface area contributed by atoms with Gasteiger partial charge in [-0.15, -0.1) is 0 Å². The molecular weight excluding hydrogens is 336 g/mol. The number of para-hydroxylation sites is 1. The molecule has 1 unspecified atom stereocenters. The smallest absolute Gasteiger partial charge is 0.238 e. The normalized spacial score (nSPS) is 11.7. The number of amides is 1. The second-order valence-corrected chi connectivity index (χ2v) is 5.54. The molecule has 5 heteroatoms. The molecule has 0 saturated heterocycles. The van der Waals surface area contributed by atoms with Gasteiger partial charge in [0.2, 0.25) is 5.91 Å². The molecular formula is C15H13BrN2OS. The van der Waals surface area contributed by atoms with Gasteiger partial charge in [-0.25, -0.2) is 0 Å². The van der Waals surface area contributed by atoms with Gasteiger partial charge in [0.25, 0.3) is 0 Å². The summed E-state index contributed by atoms with van der Waals surface area (Å²) in [6.07, 6.45) is 0. The van der Waals surface area contributed by atoms with Gasteiger partial charge >= 0.3 is 0 Å². The fourth-order valence-corrected chi connectivity index (χ4v) is 2.48. The van der Waals surface area contributed by atoms with E-state index < -0.39 is 5.92 Å². The topological polar surface area (TPSA) is 55.1 Å². The second kappa shape index (κ2) is 6.63. The minimum absolute atomic E-state index is 0.153. The summed E-state index contributed by atoms with van der Waals surface area (Å²) < 4.78 is 0.808. The number of nitrogens with one attached hydrogen (secondary N) is 1. The highest BCUT2D eigenvalue weighted by molar-refractivity contribution is 9.10. The third kappa shape index (κ3) is 3.43. The average Bonchev–Trinajstić information content (AvgIpc) is 2.42. The van der Waals surface area contributed by atoms with Crippen molar-refractivity contribution in [2.24, 2.45) is 5.73 Å². The summed E-state index contributed by atoms with van der Waals surface area (Å²) in [7, 11) is 0. The lowest BCUT2D eigenvalue weighted by Crippen LogP contribution is -2.31. The number of hydrogen-bond donors (Lipinski definition) is 2. The van der Waals surface area contributed by atoms with E-state index in [-0.39, 0.29) is 10.9 Å². The lowest BCUT2D eigenvalue weighted by Gasteiger charge is -2.16. The van der Waals surface area contributed by atoms with E-state index in [1.54, 1.807) is 0 Å². The van der Waals surface area contributed by atoms with Crippen LogP contribution >= 0.6 is 28.1 Å². The van der Waals surface area contributed by atoms with Crippen molar-refractivity contribution in [2.45, 2.75) is 5.92 Å². The zero-order valence-corrected chi connectivity index (χ0v) is 12.9. The summed E-state index contributed by atoms with van der Waals surface area (Å²) >= 11 is 8.42. The Hall–Kier alpha value is -1.72. The number of rotatable bonds is 4. The molecule has 0 bridgehead atoms. The van der Waals surface area contributed by atoms with E-state index in [1.807, 2.05) is 54.6 Å². The quantitative estimate of drug-likeness (QED) is 0.832. The van der Waals surface area contributed by atoms with Crippen molar-refractivity contribution < 1.29 is 4.79 Å². The first kappa shape index (κ1) is 14.7. The van der Waals surface area contributed by atoms with E-state index >= 15 is 0 Å². The number of anilines is 1. The molecule has 1 atom stereocenters. The molecule has 0 aliphatic heterocycles. The van der Waals surface area contributed by atoms with Crippen LogP contribution in [0.15, 0.2) is 59.1 Å². The Balaban J connectivity index is 2.25. The fourth-order valence-electron chi connectivity index (χ4n) is 1.86. The third-order valence-corrected chi connectivity index (χ3v) is 3.74. The van der Waals surface area contributed by atoms with Crippen LogP contribution in [0.5, 0.6) is 0 Å². The molecule has 0 fully saturated rings. The van der Waals surface area contributed by atoms with Gasteiger partial charge < -0.3 is 11.1 Å². The van der Waals surface area contributed by atoms with Gasteiger partial charge in [0.05, 0.1) is 10.7 Å². The fraction of sp³-hybridized carbons (Fsp3) is 0.0667. The van der Waals surface area contributed by atoms with Crippen molar-refractivity contribution in [1.29, 1.82) is 0 Å². The zero-order chi connectivity index (χ0) is 14.5. The Kier molecular flexibility index (Phi) is 4.87. The van der Waals surface area contributed by atoms with Gasteiger partial charge in [-0.3, -0.25) is 4.79 Å². The molecule has 3 N–H and O–H groups in total. The van der Waals surface area contributed by atoms with Gasteiger partial charge in [0, 0.05) is 4.47 Å². The number of carbonyl (C=O) groups is 1. The van der Waals surface area contributed by atoms with Gasteiger partial charge in [-0.1, -0.05) is 54.7 Å². The van der Waals surface area contributed by atoms with Crippen LogP contribution < -0.4 is 11.1 Å². The van der Waals surface area contributed by atoms with Crippen molar-refractivity contribution in [1.82, 2.24) is 0 Å². The van der Waals surface area contributed by atoms with Gasteiger partial charge in [-0.05, 0) is 33.6 Å². The maximum atomic E-state index is 12.4. The van der Waals surface area contributed by atoms with E-state index in [4.69, 9.17) is 18.0 Å². The standard InChI is InChI=1S/C15H13BrN2OS/c16-11-8-4-5-9-12(11)18-15(19)13(14(17)20)10-6-2-1-3-7-10/h1-9,13H,(H2,17,20)(H,18,19). The number of carbonyl (C=O) groups excluding carboxylic acids is 1. The maximum Gasteiger partial charge on any atom is 0.238 e. The van der Waals surface area contributed by atoms with Crippen molar-refractivity contribution in [3.05, 3.63) is 64.6 Å². The van der Waals surface area contributed by atoms with Crippen LogP contribution in [0.1, 0.15) is 11.5 Å². The predicted molar refractivity (Wildman–Crippen MR) is 88.7 cm³/mol. The highest BCUT2D eigenvalue weighted by Crippen LogP contribution is 2.24. The van der Waals surface area contributed by atoms with E-state index in [2.05, 4.69) is 21.2 Å². The van der Waals surface area contributed by atoms with Crippen LogP contribution in [0.4, 0.5) is 5.69 Å². The summed E-state index contributed by atoms with van der Waals surface area (Å²) in [5.41, 5.74) is 7.19. The molecule has 2 aromatic carbocycles. The summed E-state index contributed by atoms with van der Waals surface area (Å²) in [5.74, 6) is -0.881. The highest BCUT2D eigenvalue weighted by Gasteiger charge is 2.23. The first-order valence-corrected chi connectivity index (χ1v) is 7.19. The molecule has 0 spiro atoms. The molecule has 0 aliphatic carbocycles. The van der Waals surface area contributed by atoms with Crippen LogP contribution in [0, 0.1) is 0 Å². The highest BCUT2D eigenvalue weighted by atomic mass is 79.9. The lowest BCUT2D eigenvalue weighted by atomic mass is 9.98. The zero-order valence-electron chi connectivity index (χ0n) is 10.5. The molecule has 0 saturated carbocycles. The molecule has 0 radical (unpaired) electrons. The number of thiocarbonyl (C=S) groups is 1. The summed E-state index contributed by atoms with van der Waals surface area (Å²) in [4.78, 5) is 12.6. The van der Waals surface area contributed by atoms with Gasteiger partial charge in [0.15, 0.2) is 0 Å². The average molecular weight is 349 g/mol. The molecule has 2 aromatic rings. The number of hydrogen-bond acceptors (Lipinski definition) is 2. The molecule has 20 heavy (non-hydrogen) atoms. The molecule has 0 aliphatic rings. The molecule has 102 valence electrons. The molecule has 2 rings (SSSR count). The predicted octanol–water partition coefficient (Wildman–Crippen LogP) is 3.46. The van der Waals surface area contributed by atoms with E-state index in [0.717, 1.165) is 10.0 Å². The van der Waals surface area contributed by atoms with Crippen LogP contribution in [-0.4, -0.2) is 10.9 Å². The van der Waals surface area contributed by atoms with Crippen LogP contribution in [0.3, 0.4) is 0 Å². The van der Waals surface area contributed by atoms with E-state index in [9.17, 15) is 4.79 Å². The third-order valence-electron chi connectivity index (χ3n) is 2.81. The van der Waals surface area contributed by atoms with Crippen LogP contribution in [0.2, 0.25) is 0 Å². The summed E-state index contributed by atoms with van der Waals surface area (Å²) in [5, 5.41) is 2.84. The Morgan fingerprint density at radius 2 is 1.70 bits per heavy atom. The first-order valence-electron chi connectivity index (χ1n) is 5.99. The lowest BCUT2D eigenvalue weighted by molar-refractivity contribution is -0.116. The minimum Gasteiger partial charge on any atom is -0.392 e. The summed E-state index contributed by atoms with van der Waals surface area (Å²) in [6, 6.07) is 16.6. The Labute approximate surface area is 131 Å². The van der Waals surface area contributed by atoms with E-state index in [1.165, 1.54) is 0 Å². The van der Waals surface area contributed by atoms with Crippen molar-refractivity contribution in [3.8, 4) is 0 Å². The Morgan fingerprint density at radius 3 is 2.30 bits per heavy atom. The largest absolute Gasteiger partial charge is 0.392 e. The van der Waals surface area contributed by atoms with Crippen molar-refractivity contribution >= 4 is 44.7 Å². The van der Waals surface area contributed by atoms with Gasteiger partial charge in [-0.2, -0.15) is 0 Å². The molecule has 1 amide bonds. The molecule has 0 heterocycles. The van der Waals surface area contributed by atoms with Crippen LogP contribution in [0.25, 0.3) is 0 Å². The minimum atomic E-state index is -0.640. The second-order valence-electron chi connectivity index (χ2n) is 4.22. The molecule has 3 nitrogen and oxygen atoms in total. The Bertz CT molecular complexity index is 631. The first-order chi connectivity index (χ1) is 9.59. The molecule has 0 aromatic heterocycles. The number of benzene rings is 2. The van der Waals surface area contributed by atoms with Crippen molar-refractivity contribution in [2.75, 3.05) is 5.32 Å². The Morgan fingerprint density at radius 1 is 1.10 bits per heavy atom. The number of halogens is 1. The number of nitrogens with two attached hydrogens (primary N) is 1. The SMILES string of the molecule is NC(=S)C(C(=O)Nc1ccccc1Br)c1ccccc1.